The summed E-state index contributed by atoms with van der Waals surface area (Å²) in [6.45, 7) is 1.98. The fourth-order valence-corrected chi connectivity index (χ4v) is 2.99. The molecule has 3 atom stereocenters. The van der Waals surface area contributed by atoms with Gasteiger partial charge in [-0.1, -0.05) is 42.6 Å². The number of nitrogens with one attached hydrogen (secondary N) is 1. The maximum atomic E-state index is 14.2. The number of rotatable bonds is 4. The molecule has 0 bridgehead atoms. The van der Waals surface area contributed by atoms with E-state index in [-0.39, 0.29) is 6.42 Å². The zero-order valence-corrected chi connectivity index (χ0v) is 12.1. The number of benzene rings is 1. The average Bonchev–Trinajstić information content (AvgIpc) is 2.71. The first kappa shape index (κ1) is 14.8. The van der Waals surface area contributed by atoms with Gasteiger partial charge in [-0.25, -0.2) is 4.39 Å². The highest BCUT2D eigenvalue weighted by Gasteiger charge is 2.45. The minimum atomic E-state index is -1.10. The molecule has 5 heteroatoms. The maximum Gasteiger partial charge on any atom is 0.140 e. The number of hydrogen-bond donors (Lipinski definition) is 1. The topological polar surface area (TPSA) is 29.1 Å². The predicted octanol–water partition coefficient (Wildman–Crippen LogP) is 4.10. The lowest BCUT2D eigenvalue weighted by Crippen LogP contribution is -2.42. The van der Waals surface area contributed by atoms with Gasteiger partial charge in [-0.3, -0.25) is 5.32 Å². The number of carbonyl (C=O) groups excluding carboxylic acids is 1. The standard InChI is InChI=1S/C14H16Cl2FNO/c1-2-5-14(8-19)7-12(17)13(18-14)9-3-4-10(15)11(16)6-9/h3-4,6,8,12-13,18H,2,5,7H2,1H3/t12-,13?,14+/m0/s1. The zero-order chi connectivity index (χ0) is 14.0. The van der Waals surface area contributed by atoms with Gasteiger partial charge in [0.15, 0.2) is 0 Å². The number of alkyl halides is 1. The average molecular weight is 304 g/mol. The lowest BCUT2D eigenvalue weighted by atomic mass is 9.93. The van der Waals surface area contributed by atoms with Gasteiger partial charge in [-0.15, -0.1) is 0 Å². The lowest BCUT2D eigenvalue weighted by molar-refractivity contribution is -0.113. The Balaban J connectivity index is 2.26. The van der Waals surface area contributed by atoms with Crippen LogP contribution in [0.3, 0.4) is 0 Å². The van der Waals surface area contributed by atoms with Crippen molar-refractivity contribution in [3.05, 3.63) is 33.8 Å². The summed E-state index contributed by atoms with van der Waals surface area (Å²) in [5.74, 6) is 0. The van der Waals surface area contributed by atoms with Gasteiger partial charge in [-0.05, 0) is 24.1 Å². The maximum absolute atomic E-state index is 14.2. The van der Waals surface area contributed by atoms with Crippen LogP contribution in [0.1, 0.15) is 37.8 Å². The Hall–Kier alpha value is -0.640. The van der Waals surface area contributed by atoms with Crippen LogP contribution in [0.5, 0.6) is 0 Å². The third kappa shape index (κ3) is 2.93. The van der Waals surface area contributed by atoms with Crippen LogP contribution in [0.2, 0.25) is 10.0 Å². The summed E-state index contributed by atoms with van der Waals surface area (Å²) in [5.41, 5.74) is -0.0352. The molecule has 1 unspecified atom stereocenters. The Morgan fingerprint density at radius 2 is 2.21 bits per heavy atom. The van der Waals surface area contributed by atoms with Crippen molar-refractivity contribution in [3.8, 4) is 0 Å². The number of halogens is 3. The van der Waals surface area contributed by atoms with Crippen molar-refractivity contribution < 1.29 is 9.18 Å². The molecule has 1 N–H and O–H groups in total. The second-order valence-electron chi connectivity index (χ2n) is 5.04. The van der Waals surface area contributed by atoms with E-state index >= 15 is 0 Å². The van der Waals surface area contributed by atoms with E-state index < -0.39 is 17.8 Å². The highest BCUT2D eigenvalue weighted by atomic mass is 35.5. The molecule has 1 aromatic carbocycles. The van der Waals surface area contributed by atoms with Crippen LogP contribution >= 0.6 is 23.2 Å². The molecular weight excluding hydrogens is 288 g/mol. The molecule has 1 fully saturated rings. The first-order valence-corrected chi connectivity index (χ1v) is 7.10. The summed E-state index contributed by atoms with van der Waals surface area (Å²) < 4.78 is 14.2. The highest BCUT2D eigenvalue weighted by Crippen LogP contribution is 2.38. The van der Waals surface area contributed by atoms with Crippen molar-refractivity contribution in [2.45, 2.75) is 43.9 Å². The summed E-state index contributed by atoms with van der Waals surface area (Å²) in [6, 6.07) is 4.53. The van der Waals surface area contributed by atoms with Gasteiger partial charge >= 0.3 is 0 Å². The number of hydrogen-bond acceptors (Lipinski definition) is 2. The van der Waals surface area contributed by atoms with E-state index in [0.717, 1.165) is 18.3 Å². The van der Waals surface area contributed by atoms with E-state index in [9.17, 15) is 9.18 Å². The van der Waals surface area contributed by atoms with Crippen molar-refractivity contribution in [2.75, 3.05) is 0 Å². The number of aldehydes is 1. The third-order valence-corrected chi connectivity index (χ3v) is 4.33. The van der Waals surface area contributed by atoms with Crippen molar-refractivity contribution in [2.24, 2.45) is 0 Å². The van der Waals surface area contributed by atoms with Crippen molar-refractivity contribution in [1.29, 1.82) is 0 Å². The molecule has 2 nitrogen and oxygen atoms in total. The van der Waals surface area contributed by atoms with Crippen molar-refractivity contribution in [1.82, 2.24) is 5.32 Å². The smallest absolute Gasteiger partial charge is 0.140 e. The normalized spacial score (nSPS) is 30.5. The minimum absolute atomic E-state index is 0.204. The molecule has 0 radical (unpaired) electrons. The van der Waals surface area contributed by atoms with E-state index in [1.165, 1.54) is 0 Å². The summed E-state index contributed by atoms with van der Waals surface area (Å²) in [4.78, 5) is 11.3. The molecule has 104 valence electrons. The minimum Gasteiger partial charge on any atom is -0.301 e. The molecule has 1 aliphatic heterocycles. The van der Waals surface area contributed by atoms with Gasteiger partial charge < -0.3 is 4.79 Å². The highest BCUT2D eigenvalue weighted by molar-refractivity contribution is 6.42. The van der Waals surface area contributed by atoms with Gasteiger partial charge in [0.1, 0.15) is 12.5 Å². The van der Waals surface area contributed by atoms with Crippen molar-refractivity contribution in [3.63, 3.8) is 0 Å². The molecule has 0 aliphatic carbocycles. The first-order chi connectivity index (χ1) is 9.01. The van der Waals surface area contributed by atoms with E-state index in [0.29, 0.717) is 16.5 Å². The number of carbonyl (C=O) groups is 1. The van der Waals surface area contributed by atoms with E-state index in [2.05, 4.69) is 5.32 Å². The zero-order valence-electron chi connectivity index (χ0n) is 10.6. The van der Waals surface area contributed by atoms with Gasteiger partial charge in [-0.2, -0.15) is 0 Å². The van der Waals surface area contributed by atoms with Crippen LogP contribution in [0.4, 0.5) is 4.39 Å². The summed E-state index contributed by atoms with van der Waals surface area (Å²) in [7, 11) is 0. The van der Waals surface area contributed by atoms with Crippen LogP contribution in [0.25, 0.3) is 0 Å². The van der Waals surface area contributed by atoms with Crippen LogP contribution in [0, 0.1) is 0 Å². The Bertz CT molecular complexity index is 483. The summed E-state index contributed by atoms with van der Waals surface area (Å²) >= 11 is 11.8. The molecule has 1 saturated heterocycles. The Morgan fingerprint density at radius 3 is 2.79 bits per heavy atom. The summed E-state index contributed by atoms with van der Waals surface area (Å²) in [5, 5.41) is 3.96. The molecule has 1 aromatic rings. The van der Waals surface area contributed by atoms with Gasteiger partial charge in [0.2, 0.25) is 0 Å². The van der Waals surface area contributed by atoms with Crippen LogP contribution in [-0.2, 0) is 4.79 Å². The Morgan fingerprint density at radius 1 is 1.47 bits per heavy atom. The Kier molecular flexibility index (Phi) is 4.49. The molecule has 0 spiro atoms. The Labute approximate surface area is 122 Å². The molecule has 1 heterocycles. The van der Waals surface area contributed by atoms with Gasteiger partial charge in [0, 0.05) is 6.42 Å². The van der Waals surface area contributed by atoms with Gasteiger partial charge in [0.25, 0.3) is 0 Å². The summed E-state index contributed by atoms with van der Waals surface area (Å²) in [6.07, 6.45) is 1.39. The van der Waals surface area contributed by atoms with Crippen molar-refractivity contribution >= 4 is 29.5 Å². The molecule has 2 rings (SSSR count). The van der Waals surface area contributed by atoms with Crippen LogP contribution in [-0.4, -0.2) is 18.0 Å². The third-order valence-electron chi connectivity index (χ3n) is 3.59. The fourth-order valence-electron chi connectivity index (χ4n) is 2.68. The van der Waals surface area contributed by atoms with Crippen LogP contribution in [0.15, 0.2) is 18.2 Å². The quantitative estimate of drug-likeness (QED) is 0.848. The largest absolute Gasteiger partial charge is 0.301 e. The fraction of sp³-hybridized carbons (Fsp3) is 0.500. The molecule has 0 aromatic heterocycles. The second kappa shape index (κ2) is 5.78. The van der Waals surface area contributed by atoms with Crippen LogP contribution < -0.4 is 5.32 Å². The molecule has 0 amide bonds. The predicted molar refractivity (Wildman–Crippen MR) is 75.6 cm³/mol. The first-order valence-electron chi connectivity index (χ1n) is 6.34. The molecule has 0 saturated carbocycles. The monoisotopic (exact) mass is 303 g/mol. The molecule has 1 aliphatic rings. The molecule has 19 heavy (non-hydrogen) atoms. The lowest BCUT2D eigenvalue weighted by Gasteiger charge is -2.23. The van der Waals surface area contributed by atoms with E-state index in [1.807, 2.05) is 6.92 Å². The van der Waals surface area contributed by atoms with E-state index in [1.54, 1.807) is 18.2 Å². The molecular formula is C14H16Cl2FNO. The second-order valence-corrected chi connectivity index (χ2v) is 5.85. The van der Waals surface area contributed by atoms with E-state index in [4.69, 9.17) is 23.2 Å². The SMILES string of the molecule is CCC[C@]1(C=O)C[C@H](F)C(c2ccc(Cl)c(Cl)c2)N1. The van der Waals surface area contributed by atoms with Gasteiger partial charge in [0.05, 0.1) is 21.6 Å².